The third kappa shape index (κ3) is 8.52. The summed E-state index contributed by atoms with van der Waals surface area (Å²) < 4.78 is 45.3. The van der Waals surface area contributed by atoms with Gasteiger partial charge < -0.3 is 35.2 Å². The molecule has 7 atom stereocenters. The van der Waals surface area contributed by atoms with E-state index < -0.39 is 74.1 Å². The zero-order valence-electron chi connectivity index (χ0n) is 31.8. The molecule has 16 nitrogen and oxygen atoms in total. The Labute approximate surface area is 320 Å². The number of benzene rings is 1. The van der Waals surface area contributed by atoms with Gasteiger partial charge in [0.2, 0.25) is 27.7 Å². The van der Waals surface area contributed by atoms with Crippen molar-refractivity contribution in [3.63, 3.8) is 0 Å². The van der Waals surface area contributed by atoms with Crippen LogP contribution in [0.3, 0.4) is 0 Å². The molecule has 0 radical (unpaired) electrons. The van der Waals surface area contributed by atoms with E-state index >= 15 is 0 Å². The van der Waals surface area contributed by atoms with Gasteiger partial charge in [0, 0.05) is 18.4 Å². The molecule has 2 aromatic rings. The van der Waals surface area contributed by atoms with E-state index in [4.69, 9.17) is 24.2 Å². The number of rotatable bonds is 7. The van der Waals surface area contributed by atoms with Crippen molar-refractivity contribution in [1.82, 2.24) is 30.2 Å². The van der Waals surface area contributed by atoms with Crippen LogP contribution in [0.25, 0.3) is 11.0 Å². The average molecular weight is 785 g/mol. The summed E-state index contributed by atoms with van der Waals surface area (Å²) in [6, 6.07) is 3.20. The predicted molar refractivity (Wildman–Crippen MR) is 200 cm³/mol. The number of hydrogen-bond acceptors (Lipinski definition) is 11. The molecule has 2 aliphatic heterocycles. The first-order chi connectivity index (χ1) is 25.6. The fourth-order valence-electron chi connectivity index (χ4n) is 7.64. The number of sulfonamides is 1. The summed E-state index contributed by atoms with van der Waals surface area (Å²) in [7, 11) is -2.33. The molecule has 300 valence electrons. The maximum absolute atomic E-state index is 14.6. The highest BCUT2D eigenvalue weighted by Gasteiger charge is 2.62. The van der Waals surface area contributed by atoms with Crippen molar-refractivity contribution in [2.24, 2.45) is 17.3 Å². The fraction of sp³-hybridized carbons (Fsp3) is 0.632. The molecule has 4 amide bonds. The molecule has 1 aromatic heterocycles. The number of aromatic nitrogens is 2. The number of alkyl carbamates (subject to hydrolysis) is 1. The van der Waals surface area contributed by atoms with E-state index in [1.807, 2.05) is 32.9 Å². The number of methoxy groups -OCH3 is 1. The fourth-order valence-corrected chi connectivity index (χ4v) is 9.00. The van der Waals surface area contributed by atoms with Crippen LogP contribution in [0.1, 0.15) is 84.3 Å². The summed E-state index contributed by atoms with van der Waals surface area (Å²) >= 11 is 0. The second-order valence-electron chi connectivity index (χ2n) is 16.5. The minimum atomic E-state index is -3.90. The van der Waals surface area contributed by atoms with Gasteiger partial charge in [-0.2, -0.15) is 0 Å². The largest absolute Gasteiger partial charge is 0.497 e. The minimum absolute atomic E-state index is 0. The lowest BCUT2D eigenvalue weighted by molar-refractivity contribution is -0.142. The van der Waals surface area contributed by atoms with Gasteiger partial charge in [0.05, 0.1) is 29.9 Å². The second-order valence-corrected chi connectivity index (χ2v) is 18.4. The number of carbonyl (C=O) groups excluding carboxylic acids is 4. The molecule has 5 aliphatic rings. The maximum atomic E-state index is 14.6. The van der Waals surface area contributed by atoms with Crippen LogP contribution in [0.2, 0.25) is 0 Å². The molecular weight excluding hydrogens is 733 g/mol. The Morgan fingerprint density at radius 1 is 1.07 bits per heavy atom. The molecule has 1 saturated heterocycles. The Bertz CT molecular complexity index is 1970. The van der Waals surface area contributed by atoms with Crippen LogP contribution in [0.5, 0.6) is 11.6 Å². The molecule has 1 unspecified atom stereocenters. The summed E-state index contributed by atoms with van der Waals surface area (Å²) in [5.74, 6) is -1.39. The highest BCUT2D eigenvalue weighted by Crippen LogP contribution is 2.46. The summed E-state index contributed by atoms with van der Waals surface area (Å²) in [6.07, 6.45) is 5.93. The average Bonchev–Trinajstić information content (AvgIpc) is 4.04. The van der Waals surface area contributed by atoms with Gasteiger partial charge in [0.15, 0.2) is 0 Å². The summed E-state index contributed by atoms with van der Waals surface area (Å²) in [5, 5.41) is 4.96. The third-order valence-electron chi connectivity index (χ3n) is 11.3. The van der Waals surface area contributed by atoms with Crippen LogP contribution in [0, 0.1) is 17.3 Å². The molecule has 3 saturated carbocycles. The van der Waals surface area contributed by atoms with Crippen molar-refractivity contribution in [3.05, 3.63) is 36.5 Å². The number of hydrogen-bond donors (Lipinski definition) is 3. The quantitative estimate of drug-likeness (QED) is 0.346. The van der Waals surface area contributed by atoms with Crippen molar-refractivity contribution in [2.75, 3.05) is 13.7 Å². The van der Waals surface area contributed by atoms with Crippen molar-refractivity contribution < 1.29 is 47.3 Å². The van der Waals surface area contributed by atoms with E-state index in [0.717, 1.165) is 32.1 Å². The molecule has 4 fully saturated rings. The standard InChI is InChI=1S/C38H50N6O9S.H2O/c1-6-22-19-38(22,35(47)43-54(49,50)25-13-14-25)42-32(45)29-18-24-20-44(29)34(46)31(37(2,3)4)41-36(48)53-30-16-21(30)10-8-7-9-11-27-33(52-24)40-28-17-23(51-5)12-15-26(28)39-27;/h6,12,15,17,21-22,24-25,29-31H,1,7-11,13-14,16,18-20H2,2-5H3,(H,41,48)(H,42,45)(H,43,47);1H2/t21-,22?,24-,29+,30-,31-,38-;/m1./s1. The SMILES string of the molecule is C=CC1C[C@]1(NC(=O)[C@@H]1C[C@@H]2CN1C(=O)[C@H](C(C)(C)C)NC(=O)O[C@@H]1C[C@H]1CCCCCc1nc3ccc(OC)cc3nc1O2)C(=O)NS(=O)(=O)C1CC1.O. The number of nitrogens with zero attached hydrogens (tertiary/aromatic N) is 3. The Morgan fingerprint density at radius 3 is 2.51 bits per heavy atom. The highest BCUT2D eigenvalue weighted by atomic mass is 32.2. The van der Waals surface area contributed by atoms with Gasteiger partial charge in [0.25, 0.3) is 5.91 Å². The van der Waals surface area contributed by atoms with Gasteiger partial charge >= 0.3 is 6.09 Å². The van der Waals surface area contributed by atoms with Gasteiger partial charge in [0.1, 0.15) is 41.3 Å². The predicted octanol–water partition coefficient (Wildman–Crippen LogP) is 2.48. The summed E-state index contributed by atoms with van der Waals surface area (Å²) in [6.45, 7) is 9.18. The van der Waals surface area contributed by atoms with Gasteiger partial charge in [-0.15, -0.1) is 6.58 Å². The van der Waals surface area contributed by atoms with E-state index in [1.165, 1.54) is 11.0 Å². The molecule has 3 aliphatic carbocycles. The molecule has 3 heterocycles. The molecule has 0 spiro atoms. The number of fused-ring (bicyclic) bond motifs is 5. The monoisotopic (exact) mass is 784 g/mol. The number of amides is 4. The van der Waals surface area contributed by atoms with Crippen LogP contribution in [0.4, 0.5) is 4.79 Å². The Balaban J connectivity index is 0.00000514. The van der Waals surface area contributed by atoms with Gasteiger partial charge in [-0.1, -0.05) is 39.7 Å². The first-order valence-corrected chi connectivity index (χ1v) is 20.5. The number of ether oxygens (including phenoxy) is 3. The van der Waals surface area contributed by atoms with E-state index in [0.29, 0.717) is 47.6 Å². The van der Waals surface area contributed by atoms with Crippen LogP contribution in [0.15, 0.2) is 30.9 Å². The van der Waals surface area contributed by atoms with Crippen LogP contribution in [-0.2, 0) is 35.6 Å². The third-order valence-corrected chi connectivity index (χ3v) is 13.1. The van der Waals surface area contributed by atoms with Crippen LogP contribution < -0.4 is 24.8 Å². The lowest BCUT2D eigenvalue weighted by Gasteiger charge is -2.35. The van der Waals surface area contributed by atoms with Crippen molar-refractivity contribution in [2.45, 2.75) is 120 Å². The molecular formula is C38H52N6O10S. The molecule has 1 aromatic carbocycles. The maximum Gasteiger partial charge on any atom is 0.408 e. The first-order valence-electron chi connectivity index (χ1n) is 18.9. The van der Waals surface area contributed by atoms with Crippen molar-refractivity contribution >= 4 is 44.9 Å². The Morgan fingerprint density at radius 2 is 1.84 bits per heavy atom. The minimum Gasteiger partial charge on any atom is -0.497 e. The van der Waals surface area contributed by atoms with E-state index in [1.54, 1.807) is 13.2 Å². The van der Waals surface area contributed by atoms with Gasteiger partial charge in [-0.25, -0.2) is 23.2 Å². The normalized spacial score (nSPS) is 29.7. The molecule has 17 heteroatoms. The Kier molecular flexibility index (Phi) is 11.1. The second kappa shape index (κ2) is 15.2. The zero-order valence-corrected chi connectivity index (χ0v) is 32.6. The smallest absolute Gasteiger partial charge is 0.408 e. The molecule has 55 heavy (non-hydrogen) atoms. The van der Waals surface area contributed by atoms with Crippen LogP contribution >= 0.6 is 0 Å². The summed E-state index contributed by atoms with van der Waals surface area (Å²) in [5.41, 5.74) is -0.451. The molecule has 7 rings (SSSR count). The number of carbonyl (C=O) groups is 4. The Hall–Kier alpha value is -4.51. The molecule has 5 N–H and O–H groups in total. The van der Waals surface area contributed by atoms with Gasteiger partial charge in [-0.05, 0) is 68.4 Å². The van der Waals surface area contributed by atoms with Crippen molar-refractivity contribution in [3.8, 4) is 11.6 Å². The lowest BCUT2D eigenvalue weighted by atomic mass is 9.85. The topological polar surface area (TPSA) is 227 Å². The van der Waals surface area contributed by atoms with Crippen molar-refractivity contribution in [1.29, 1.82) is 0 Å². The number of aryl methyl sites for hydroxylation is 1. The summed E-state index contributed by atoms with van der Waals surface area (Å²) in [4.78, 5) is 66.8. The van der Waals surface area contributed by atoms with E-state index in [2.05, 4.69) is 21.9 Å². The molecule has 2 bridgehead atoms. The van der Waals surface area contributed by atoms with Crippen LogP contribution in [-0.4, -0.2) is 101 Å². The van der Waals surface area contributed by atoms with Gasteiger partial charge in [-0.3, -0.25) is 19.1 Å². The van der Waals surface area contributed by atoms with E-state index in [-0.39, 0.29) is 36.9 Å². The highest BCUT2D eigenvalue weighted by molar-refractivity contribution is 7.91. The first kappa shape index (κ1) is 40.2. The lowest BCUT2D eigenvalue weighted by Crippen LogP contribution is -2.60. The van der Waals surface area contributed by atoms with E-state index in [9.17, 15) is 27.6 Å². The zero-order chi connectivity index (χ0) is 38.6. The number of nitrogens with one attached hydrogen (secondary N) is 3.